The Bertz CT molecular complexity index is 305. The molecular weight excluding hydrogens is 257 g/mol. The maximum absolute atomic E-state index is 12.5. The molecule has 0 bridgehead atoms. The number of halogens is 3. The van der Waals surface area contributed by atoms with E-state index in [2.05, 4.69) is 5.32 Å². The van der Waals surface area contributed by atoms with Crippen LogP contribution in [0.25, 0.3) is 0 Å². The number of hydrogen-bond acceptors (Lipinski definition) is 2. The minimum atomic E-state index is -4.34. The first kappa shape index (κ1) is 16.3. The molecule has 2 unspecified atom stereocenters. The van der Waals surface area contributed by atoms with Crippen LogP contribution in [0.3, 0.4) is 0 Å². The Morgan fingerprint density at radius 3 is 2.53 bits per heavy atom. The zero-order chi connectivity index (χ0) is 14.6. The molecule has 0 aromatic heterocycles. The van der Waals surface area contributed by atoms with Gasteiger partial charge in [-0.15, -0.1) is 0 Å². The maximum Gasteiger partial charge on any atom is 0.406 e. The molecule has 0 aliphatic carbocycles. The normalized spacial score (nSPS) is 24.6. The molecule has 1 rings (SSSR count). The summed E-state index contributed by atoms with van der Waals surface area (Å²) in [7, 11) is 0. The first-order valence-electron chi connectivity index (χ1n) is 6.78. The lowest BCUT2D eigenvalue weighted by Gasteiger charge is -2.33. The molecule has 0 radical (unpaired) electrons. The predicted molar refractivity (Wildman–Crippen MR) is 67.7 cm³/mol. The molecular formula is C13H23F3N2O. The Balaban J connectivity index is 2.69. The summed E-state index contributed by atoms with van der Waals surface area (Å²) >= 11 is 0. The largest absolute Gasteiger partial charge is 0.406 e. The van der Waals surface area contributed by atoms with Crippen LogP contribution in [0, 0.1) is 11.8 Å². The molecule has 2 atom stereocenters. The van der Waals surface area contributed by atoms with Crippen molar-refractivity contribution in [2.75, 3.05) is 19.6 Å². The van der Waals surface area contributed by atoms with E-state index in [1.54, 1.807) is 0 Å². The highest BCUT2D eigenvalue weighted by Gasteiger charge is 2.36. The third kappa shape index (κ3) is 5.80. The van der Waals surface area contributed by atoms with E-state index in [1.165, 1.54) is 0 Å². The van der Waals surface area contributed by atoms with E-state index in [4.69, 9.17) is 0 Å². The highest BCUT2D eigenvalue weighted by Crippen LogP contribution is 2.21. The fourth-order valence-corrected chi connectivity index (χ4v) is 2.41. The summed E-state index contributed by atoms with van der Waals surface area (Å²) in [5, 5.41) is 3.03. The van der Waals surface area contributed by atoms with Gasteiger partial charge >= 0.3 is 6.18 Å². The second-order valence-corrected chi connectivity index (χ2v) is 5.86. The summed E-state index contributed by atoms with van der Waals surface area (Å²) in [6.45, 7) is 5.33. The first-order valence-corrected chi connectivity index (χ1v) is 6.78. The van der Waals surface area contributed by atoms with Gasteiger partial charge in [-0.25, -0.2) is 0 Å². The van der Waals surface area contributed by atoms with Gasteiger partial charge in [0, 0.05) is 6.54 Å². The molecule has 1 aliphatic rings. The number of carbonyl (C=O) groups is 1. The van der Waals surface area contributed by atoms with Crippen molar-refractivity contribution in [3.63, 3.8) is 0 Å². The quantitative estimate of drug-likeness (QED) is 0.857. The second kappa shape index (κ2) is 6.59. The minimum absolute atomic E-state index is 0.0207. The van der Waals surface area contributed by atoms with Crippen molar-refractivity contribution in [3.8, 4) is 0 Å². The average Bonchev–Trinajstić information content (AvgIpc) is 2.24. The molecule has 1 heterocycles. The molecule has 1 amide bonds. The third-order valence-electron chi connectivity index (χ3n) is 3.23. The van der Waals surface area contributed by atoms with Crippen LogP contribution in [-0.2, 0) is 4.79 Å². The Labute approximate surface area is 112 Å². The molecule has 1 aliphatic heterocycles. The number of hydrogen-bond donors (Lipinski definition) is 1. The van der Waals surface area contributed by atoms with Crippen molar-refractivity contribution >= 4 is 5.91 Å². The summed E-state index contributed by atoms with van der Waals surface area (Å²) < 4.78 is 37.6. The van der Waals surface area contributed by atoms with E-state index in [0.717, 1.165) is 11.3 Å². The highest BCUT2D eigenvalue weighted by molar-refractivity contribution is 5.82. The van der Waals surface area contributed by atoms with Gasteiger partial charge in [-0.1, -0.05) is 20.8 Å². The first-order chi connectivity index (χ1) is 8.69. The topological polar surface area (TPSA) is 32.3 Å². The van der Waals surface area contributed by atoms with E-state index in [-0.39, 0.29) is 12.5 Å². The third-order valence-corrected chi connectivity index (χ3v) is 3.23. The summed E-state index contributed by atoms with van der Waals surface area (Å²) in [6, 6.07) is -0.468. The van der Waals surface area contributed by atoms with Gasteiger partial charge in [0.2, 0.25) is 5.91 Å². The lowest BCUT2D eigenvalue weighted by molar-refractivity contribution is -0.164. The molecule has 112 valence electrons. The van der Waals surface area contributed by atoms with E-state index >= 15 is 0 Å². The SMILES string of the molecule is CC(C)CN(CC(F)(F)F)C(=O)C1CC(C)CCN1. The Morgan fingerprint density at radius 2 is 2.05 bits per heavy atom. The van der Waals surface area contributed by atoms with Crippen LogP contribution >= 0.6 is 0 Å². The molecule has 19 heavy (non-hydrogen) atoms. The van der Waals surface area contributed by atoms with Crippen LogP contribution in [0.5, 0.6) is 0 Å². The average molecular weight is 280 g/mol. The summed E-state index contributed by atoms with van der Waals surface area (Å²) in [4.78, 5) is 13.2. The smallest absolute Gasteiger partial charge is 0.332 e. The number of carbonyl (C=O) groups excluding carboxylic acids is 1. The van der Waals surface area contributed by atoms with Crippen molar-refractivity contribution in [2.45, 2.75) is 45.8 Å². The Hall–Kier alpha value is -0.780. The van der Waals surface area contributed by atoms with Gasteiger partial charge in [0.15, 0.2) is 0 Å². The van der Waals surface area contributed by atoms with Crippen LogP contribution in [0.1, 0.15) is 33.6 Å². The molecule has 1 saturated heterocycles. The lowest BCUT2D eigenvalue weighted by Crippen LogP contribution is -2.52. The van der Waals surface area contributed by atoms with E-state index in [0.29, 0.717) is 18.9 Å². The number of nitrogens with zero attached hydrogens (tertiary/aromatic N) is 1. The molecule has 0 saturated carbocycles. The van der Waals surface area contributed by atoms with Crippen LogP contribution in [0.4, 0.5) is 13.2 Å². The summed E-state index contributed by atoms with van der Waals surface area (Å²) in [5.74, 6) is -0.0214. The number of nitrogens with one attached hydrogen (secondary N) is 1. The molecule has 0 aromatic rings. The molecule has 1 fully saturated rings. The predicted octanol–water partition coefficient (Wildman–Crippen LogP) is 2.42. The number of amides is 1. The van der Waals surface area contributed by atoms with E-state index in [9.17, 15) is 18.0 Å². The minimum Gasteiger partial charge on any atom is -0.332 e. The Morgan fingerprint density at radius 1 is 1.42 bits per heavy atom. The van der Waals surface area contributed by atoms with E-state index in [1.807, 2.05) is 20.8 Å². The number of alkyl halides is 3. The van der Waals surface area contributed by atoms with Crippen molar-refractivity contribution < 1.29 is 18.0 Å². The molecule has 6 heteroatoms. The van der Waals surface area contributed by atoms with Crippen molar-refractivity contribution in [1.82, 2.24) is 10.2 Å². The zero-order valence-corrected chi connectivity index (χ0v) is 11.8. The van der Waals surface area contributed by atoms with Crippen molar-refractivity contribution in [2.24, 2.45) is 11.8 Å². The fourth-order valence-electron chi connectivity index (χ4n) is 2.41. The van der Waals surface area contributed by atoms with Gasteiger partial charge in [0.1, 0.15) is 6.54 Å². The van der Waals surface area contributed by atoms with Gasteiger partial charge in [-0.05, 0) is 31.2 Å². The molecule has 3 nitrogen and oxygen atoms in total. The molecule has 1 N–H and O–H groups in total. The van der Waals surface area contributed by atoms with Crippen LogP contribution < -0.4 is 5.32 Å². The number of rotatable bonds is 4. The second-order valence-electron chi connectivity index (χ2n) is 5.86. The van der Waals surface area contributed by atoms with Gasteiger partial charge in [0.25, 0.3) is 0 Å². The monoisotopic (exact) mass is 280 g/mol. The van der Waals surface area contributed by atoms with Crippen LogP contribution in [-0.4, -0.2) is 42.7 Å². The standard InChI is InChI=1S/C13H23F3N2O/c1-9(2)7-18(8-13(14,15)16)12(19)11-6-10(3)4-5-17-11/h9-11,17H,4-8H2,1-3H3. The van der Waals surface area contributed by atoms with E-state index < -0.39 is 24.7 Å². The van der Waals surface area contributed by atoms with Gasteiger partial charge in [-0.2, -0.15) is 13.2 Å². The summed E-state index contributed by atoms with van der Waals surface area (Å²) in [5.41, 5.74) is 0. The summed E-state index contributed by atoms with van der Waals surface area (Å²) in [6.07, 6.45) is -2.76. The lowest BCUT2D eigenvalue weighted by atomic mass is 9.93. The van der Waals surface area contributed by atoms with Crippen LogP contribution in [0.15, 0.2) is 0 Å². The highest BCUT2D eigenvalue weighted by atomic mass is 19.4. The fraction of sp³-hybridized carbons (Fsp3) is 0.923. The zero-order valence-electron chi connectivity index (χ0n) is 11.8. The molecule has 0 spiro atoms. The van der Waals surface area contributed by atoms with Crippen LogP contribution in [0.2, 0.25) is 0 Å². The Kier molecular flexibility index (Phi) is 5.64. The van der Waals surface area contributed by atoms with Gasteiger partial charge < -0.3 is 10.2 Å². The van der Waals surface area contributed by atoms with Crippen molar-refractivity contribution in [1.29, 1.82) is 0 Å². The number of piperidine rings is 1. The molecule has 0 aromatic carbocycles. The van der Waals surface area contributed by atoms with Gasteiger partial charge in [0.05, 0.1) is 6.04 Å². The van der Waals surface area contributed by atoms with Crippen molar-refractivity contribution in [3.05, 3.63) is 0 Å². The van der Waals surface area contributed by atoms with Gasteiger partial charge in [-0.3, -0.25) is 4.79 Å². The maximum atomic E-state index is 12.5.